The Morgan fingerprint density at radius 1 is 1.10 bits per heavy atom. The molecule has 1 N–H and O–H groups in total. The highest BCUT2D eigenvalue weighted by molar-refractivity contribution is 6.08. The zero-order valence-electron chi connectivity index (χ0n) is 17.8. The van der Waals surface area contributed by atoms with Gasteiger partial charge < -0.3 is 14.4 Å². The van der Waals surface area contributed by atoms with Gasteiger partial charge in [0.1, 0.15) is 0 Å². The van der Waals surface area contributed by atoms with Crippen LogP contribution in [0.25, 0.3) is 6.08 Å². The molecule has 1 unspecified atom stereocenters. The normalized spacial score (nSPS) is 12.2. The number of nitrogens with zero attached hydrogens (tertiary/aromatic N) is 1. The molecule has 1 aromatic heterocycles. The lowest BCUT2D eigenvalue weighted by Crippen LogP contribution is -2.22. The van der Waals surface area contributed by atoms with Crippen LogP contribution in [0.4, 0.5) is 0 Å². The highest BCUT2D eigenvalue weighted by atomic mass is 16.5. The Labute approximate surface area is 182 Å². The SMILES string of the molecule is CCC(OCc1cccc(C=CCn2cccc2C(=O)c2ccc(C)cc2)c1)C(=O)O. The van der Waals surface area contributed by atoms with Crippen LogP contribution in [-0.2, 0) is 22.7 Å². The number of rotatable bonds is 10. The summed E-state index contributed by atoms with van der Waals surface area (Å²) in [5.41, 5.74) is 4.35. The van der Waals surface area contributed by atoms with E-state index in [9.17, 15) is 9.59 Å². The maximum atomic E-state index is 12.8. The Hall–Kier alpha value is -3.44. The third-order valence-electron chi connectivity index (χ3n) is 5.04. The number of carboxylic acid groups (broad SMARTS) is 1. The van der Waals surface area contributed by atoms with Gasteiger partial charge in [-0.05, 0) is 42.7 Å². The van der Waals surface area contributed by atoms with Crippen LogP contribution in [0.3, 0.4) is 0 Å². The molecule has 5 nitrogen and oxygen atoms in total. The number of ether oxygens (including phenoxy) is 1. The summed E-state index contributed by atoms with van der Waals surface area (Å²) < 4.78 is 7.40. The molecule has 0 spiro atoms. The molecule has 0 aliphatic heterocycles. The van der Waals surface area contributed by atoms with E-state index in [0.29, 0.717) is 24.2 Å². The molecule has 2 aromatic carbocycles. The molecule has 1 heterocycles. The Bertz CT molecular complexity index is 1060. The van der Waals surface area contributed by atoms with Crippen molar-refractivity contribution in [1.29, 1.82) is 0 Å². The first-order chi connectivity index (χ1) is 15.0. The lowest BCUT2D eigenvalue weighted by Gasteiger charge is -2.11. The van der Waals surface area contributed by atoms with Crippen molar-refractivity contribution in [3.63, 3.8) is 0 Å². The number of allylic oxidation sites excluding steroid dienone is 1. The predicted octanol–water partition coefficient (Wildman–Crippen LogP) is 5.12. The van der Waals surface area contributed by atoms with E-state index in [-0.39, 0.29) is 12.4 Å². The van der Waals surface area contributed by atoms with Crippen molar-refractivity contribution >= 4 is 17.8 Å². The Kier molecular flexibility index (Phi) is 7.57. The zero-order chi connectivity index (χ0) is 22.2. The number of carbonyl (C=O) groups excluding carboxylic acids is 1. The lowest BCUT2D eigenvalue weighted by molar-refractivity contribution is -0.151. The molecule has 3 rings (SSSR count). The number of aryl methyl sites for hydroxylation is 1. The maximum Gasteiger partial charge on any atom is 0.332 e. The van der Waals surface area contributed by atoms with E-state index in [1.54, 1.807) is 6.92 Å². The van der Waals surface area contributed by atoms with Crippen LogP contribution in [-0.4, -0.2) is 27.5 Å². The molecule has 0 radical (unpaired) electrons. The summed E-state index contributed by atoms with van der Waals surface area (Å²) in [5.74, 6) is -0.942. The second-order valence-electron chi connectivity index (χ2n) is 7.43. The summed E-state index contributed by atoms with van der Waals surface area (Å²) in [6.45, 7) is 4.60. The minimum Gasteiger partial charge on any atom is -0.479 e. The fraction of sp³-hybridized carbons (Fsp3) is 0.231. The van der Waals surface area contributed by atoms with Crippen molar-refractivity contribution in [2.45, 2.75) is 39.5 Å². The summed E-state index contributed by atoms with van der Waals surface area (Å²) in [7, 11) is 0. The molecule has 31 heavy (non-hydrogen) atoms. The summed E-state index contributed by atoms with van der Waals surface area (Å²) in [5, 5.41) is 9.10. The van der Waals surface area contributed by atoms with Crippen molar-refractivity contribution in [1.82, 2.24) is 4.57 Å². The fourth-order valence-corrected chi connectivity index (χ4v) is 3.28. The molecular formula is C26H27NO4. The number of hydrogen-bond acceptors (Lipinski definition) is 3. The largest absolute Gasteiger partial charge is 0.479 e. The summed E-state index contributed by atoms with van der Waals surface area (Å²) in [4.78, 5) is 23.9. The van der Waals surface area contributed by atoms with Gasteiger partial charge in [-0.2, -0.15) is 0 Å². The molecule has 0 fully saturated rings. The van der Waals surface area contributed by atoms with E-state index >= 15 is 0 Å². The lowest BCUT2D eigenvalue weighted by atomic mass is 10.1. The van der Waals surface area contributed by atoms with E-state index in [1.165, 1.54) is 0 Å². The van der Waals surface area contributed by atoms with Gasteiger partial charge in [0.25, 0.3) is 0 Å². The summed E-state index contributed by atoms with van der Waals surface area (Å²) in [6, 6.07) is 19.1. The Balaban J connectivity index is 1.64. The molecule has 3 aromatic rings. The predicted molar refractivity (Wildman–Crippen MR) is 121 cm³/mol. The van der Waals surface area contributed by atoms with Gasteiger partial charge in [0, 0.05) is 18.3 Å². The highest BCUT2D eigenvalue weighted by Crippen LogP contribution is 2.14. The minimum absolute atomic E-state index is 0.00135. The number of benzene rings is 2. The molecule has 0 aliphatic rings. The fourth-order valence-electron chi connectivity index (χ4n) is 3.28. The van der Waals surface area contributed by atoms with Crippen LogP contribution in [0.15, 0.2) is 72.9 Å². The molecule has 1 atom stereocenters. The van der Waals surface area contributed by atoms with Crippen LogP contribution in [0.1, 0.15) is 46.1 Å². The Morgan fingerprint density at radius 2 is 1.87 bits per heavy atom. The van der Waals surface area contributed by atoms with Crippen LogP contribution in [0.2, 0.25) is 0 Å². The molecular weight excluding hydrogens is 390 g/mol. The average molecular weight is 418 g/mol. The molecule has 0 amide bonds. The number of aromatic nitrogens is 1. The molecule has 0 saturated carbocycles. The van der Waals surface area contributed by atoms with Crippen LogP contribution in [0.5, 0.6) is 0 Å². The van der Waals surface area contributed by atoms with Crippen molar-refractivity contribution in [3.05, 3.63) is 101 Å². The van der Waals surface area contributed by atoms with E-state index < -0.39 is 12.1 Å². The third-order valence-corrected chi connectivity index (χ3v) is 5.04. The second-order valence-corrected chi connectivity index (χ2v) is 7.43. The van der Waals surface area contributed by atoms with E-state index in [2.05, 4.69) is 0 Å². The van der Waals surface area contributed by atoms with Gasteiger partial charge in [0.05, 0.1) is 12.3 Å². The second kappa shape index (κ2) is 10.5. The van der Waals surface area contributed by atoms with Gasteiger partial charge in [-0.15, -0.1) is 0 Å². The van der Waals surface area contributed by atoms with Gasteiger partial charge in [-0.25, -0.2) is 4.79 Å². The van der Waals surface area contributed by atoms with Gasteiger partial charge in [-0.1, -0.05) is 67.1 Å². The smallest absolute Gasteiger partial charge is 0.332 e. The molecule has 5 heteroatoms. The summed E-state index contributed by atoms with van der Waals surface area (Å²) >= 11 is 0. The highest BCUT2D eigenvalue weighted by Gasteiger charge is 2.15. The number of hydrogen-bond donors (Lipinski definition) is 1. The quantitative estimate of drug-likeness (QED) is 0.465. The van der Waals surface area contributed by atoms with Gasteiger partial charge in [-0.3, -0.25) is 4.79 Å². The first-order valence-electron chi connectivity index (χ1n) is 10.3. The number of aliphatic carboxylic acids is 1. The molecule has 160 valence electrons. The number of carbonyl (C=O) groups is 2. The Morgan fingerprint density at radius 3 is 2.58 bits per heavy atom. The standard InChI is InChI=1S/C26H27NO4/c1-3-24(26(29)30)31-18-21-8-4-7-20(17-21)9-5-15-27-16-6-10-23(27)25(28)22-13-11-19(2)12-14-22/h4-14,16-17,24H,3,15,18H2,1-2H3,(H,29,30). The first-order valence-corrected chi connectivity index (χ1v) is 10.3. The topological polar surface area (TPSA) is 68.5 Å². The van der Waals surface area contributed by atoms with Crippen LogP contribution < -0.4 is 0 Å². The first kappa shape index (κ1) is 22.2. The zero-order valence-corrected chi connectivity index (χ0v) is 17.8. The monoisotopic (exact) mass is 417 g/mol. The molecule has 0 saturated heterocycles. The number of carboxylic acids is 1. The van der Waals surface area contributed by atoms with Crippen molar-refractivity contribution < 1.29 is 19.4 Å². The minimum atomic E-state index is -0.943. The van der Waals surface area contributed by atoms with Gasteiger partial charge in [0.15, 0.2) is 6.10 Å². The van der Waals surface area contributed by atoms with Gasteiger partial charge in [0.2, 0.25) is 5.78 Å². The molecule has 0 bridgehead atoms. The van der Waals surface area contributed by atoms with Crippen molar-refractivity contribution in [2.75, 3.05) is 0 Å². The van der Waals surface area contributed by atoms with E-state index in [4.69, 9.17) is 9.84 Å². The van der Waals surface area contributed by atoms with Crippen LogP contribution >= 0.6 is 0 Å². The van der Waals surface area contributed by atoms with Crippen molar-refractivity contribution in [3.8, 4) is 0 Å². The maximum absolute atomic E-state index is 12.8. The third kappa shape index (κ3) is 6.03. The van der Waals surface area contributed by atoms with Crippen molar-refractivity contribution in [2.24, 2.45) is 0 Å². The summed E-state index contributed by atoms with van der Waals surface area (Å²) in [6.07, 6.45) is 5.51. The number of ketones is 1. The van der Waals surface area contributed by atoms with Gasteiger partial charge >= 0.3 is 5.97 Å². The average Bonchev–Trinajstić information content (AvgIpc) is 3.23. The molecule has 0 aliphatic carbocycles. The van der Waals surface area contributed by atoms with Crippen LogP contribution in [0, 0.1) is 6.92 Å². The van der Waals surface area contributed by atoms with E-state index in [0.717, 1.165) is 16.7 Å². The van der Waals surface area contributed by atoms with E-state index in [1.807, 2.05) is 90.5 Å².